The zero-order valence-corrected chi connectivity index (χ0v) is 15.2. The van der Waals surface area contributed by atoms with E-state index in [1.807, 2.05) is 28.8 Å². The molecule has 1 N–H and O–H groups in total. The Bertz CT molecular complexity index is 898. The Kier molecular flexibility index (Phi) is 4.53. The molecule has 1 amide bonds. The van der Waals surface area contributed by atoms with Crippen molar-refractivity contribution in [2.75, 3.05) is 6.54 Å². The summed E-state index contributed by atoms with van der Waals surface area (Å²) in [6, 6.07) is 7.92. The molecule has 130 valence electrons. The van der Waals surface area contributed by atoms with Crippen molar-refractivity contribution in [1.29, 1.82) is 0 Å². The van der Waals surface area contributed by atoms with E-state index in [2.05, 4.69) is 28.5 Å². The second-order valence-electron chi connectivity index (χ2n) is 6.63. The Morgan fingerprint density at radius 3 is 3.20 bits per heavy atom. The molecule has 6 heteroatoms. The van der Waals surface area contributed by atoms with Gasteiger partial charge in [0.2, 0.25) is 0 Å². The minimum atomic E-state index is 0.0290. The SMILES string of the molecule is CCC1CCc2sc(C(=O)NCCc3nnc4ccccn34)cc2C1. The van der Waals surface area contributed by atoms with E-state index in [1.54, 1.807) is 11.3 Å². The molecule has 1 aliphatic carbocycles. The number of hydrogen-bond acceptors (Lipinski definition) is 4. The van der Waals surface area contributed by atoms with E-state index in [0.717, 1.165) is 35.1 Å². The first-order valence-corrected chi connectivity index (χ1v) is 9.74. The van der Waals surface area contributed by atoms with Crippen LogP contribution in [0.3, 0.4) is 0 Å². The second kappa shape index (κ2) is 6.96. The number of nitrogens with zero attached hydrogens (tertiary/aromatic N) is 3. The summed E-state index contributed by atoms with van der Waals surface area (Å²) in [5, 5.41) is 11.4. The van der Waals surface area contributed by atoms with Crippen LogP contribution in [-0.2, 0) is 19.3 Å². The van der Waals surface area contributed by atoms with Crippen LogP contribution in [0.1, 0.15) is 45.7 Å². The molecule has 4 rings (SSSR count). The van der Waals surface area contributed by atoms with Gasteiger partial charge in [0.05, 0.1) is 4.88 Å². The Morgan fingerprint density at radius 1 is 1.40 bits per heavy atom. The summed E-state index contributed by atoms with van der Waals surface area (Å²) >= 11 is 1.66. The molecule has 0 spiro atoms. The topological polar surface area (TPSA) is 59.3 Å². The monoisotopic (exact) mass is 354 g/mol. The number of hydrogen-bond donors (Lipinski definition) is 1. The molecule has 0 aromatic carbocycles. The fraction of sp³-hybridized carbons (Fsp3) is 0.421. The predicted molar refractivity (Wildman–Crippen MR) is 99.1 cm³/mol. The highest BCUT2D eigenvalue weighted by molar-refractivity contribution is 7.14. The molecular formula is C19H22N4OS. The number of aryl methyl sites for hydroxylation is 1. The molecule has 0 aliphatic heterocycles. The number of pyridine rings is 1. The molecule has 0 saturated heterocycles. The molecule has 3 aromatic heterocycles. The maximum absolute atomic E-state index is 12.5. The van der Waals surface area contributed by atoms with Gasteiger partial charge in [-0.2, -0.15) is 0 Å². The van der Waals surface area contributed by atoms with Crippen LogP contribution in [0.4, 0.5) is 0 Å². The molecule has 1 aliphatic rings. The largest absolute Gasteiger partial charge is 0.351 e. The van der Waals surface area contributed by atoms with Gasteiger partial charge in [-0.3, -0.25) is 9.20 Å². The van der Waals surface area contributed by atoms with Crippen molar-refractivity contribution < 1.29 is 4.79 Å². The van der Waals surface area contributed by atoms with Crippen molar-refractivity contribution >= 4 is 22.9 Å². The molecular weight excluding hydrogens is 332 g/mol. The second-order valence-corrected chi connectivity index (χ2v) is 7.76. The van der Waals surface area contributed by atoms with Crippen molar-refractivity contribution in [3.8, 4) is 0 Å². The van der Waals surface area contributed by atoms with Gasteiger partial charge in [0.15, 0.2) is 5.65 Å². The standard InChI is InChI=1S/C19H22N4OS/c1-2-13-6-7-15-14(11-13)12-16(25-15)19(24)20-9-8-18-22-21-17-5-3-4-10-23(17)18/h3-5,10,12-13H,2,6-9,11H2,1H3,(H,20,24). The van der Waals surface area contributed by atoms with Gasteiger partial charge in [-0.25, -0.2) is 0 Å². The summed E-state index contributed by atoms with van der Waals surface area (Å²) in [4.78, 5) is 14.7. The Morgan fingerprint density at radius 2 is 2.32 bits per heavy atom. The fourth-order valence-electron chi connectivity index (χ4n) is 3.50. The van der Waals surface area contributed by atoms with Crippen LogP contribution in [0.25, 0.3) is 5.65 Å². The number of carbonyl (C=O) groups is 1. The van der Waals surface area contributed by atoms with Crippen LogP contribution in [0, 0.1) is 5.92 Å². The number of thiophene rings is 1. The Balaban J connectivity index is 1.37. The van der Waals surface area contributed by atoms with Crippen LogP contribution < -0.4 is 5.32 Å². The summed E-state index contributed by atoms with van der Waals surface area (Å²) in [5.41, 5.74) is 2.22. The minimum absolute atomic E-state index is 0.0290. The van der Waals surface area contributed by atoms with E-state index in [4.69, 9.17) is 0 Å². The highest BCUT2D eigenvalue weighted by Gasteiger charge is 2.22. The minimum Gasteiger partial charge on any atom is -0.351 e. The summed E-state index contributed by atoms with van der Waals surface area (Å²) < 4.78 is 1.96. The lowest BCUT2D eigenvalue weighted by atomic mass is 9.87. The van der Waals surface area contributed by atoms with Crippen LogP contribution in [0.5, 0.6) is 0 Å². The maximum Gasteiger partial charge on any atom is 0.261 e. The lowest BCUT2D eigenvalue weighted by Gasteiger charge is -2.19. The molecule has 3 heterocycles. The van der Waals surface area contributed by atoms with E-state index in [9.17, 15) is 4.79 Å². The molecule has 5 nitrogen and oxygen atoms in total. The third-order valence-corrected chi connectivity index (χ3v) is 6.24. The Hall–Kier alpha value is -2.21. The first-order chi connectivity index (χ1) is 12.2. The zero-order chi connectivity index (χ0) is 17.2. The van der Waals surface area contributed by atoms with Gasteiger partial charge in [0.25, 0.3) is 5.91 Å². The van der Waals surface area contributed by atoms with Crippen LogP contribution in [0.2, 0.25) is 0 Å². The number of aromatic nitrogens is 3. The smallest absolute Gasteiger partial charge is 0.261 e. The number of amides is 1. The molecule has 25 heavy (non-hydrogen) atoms. The fourth-order valence-corrected chi connectivity index (χ4v) is 4.62. The van der Waals surface area contributed by atoms with E-state index < -0.39 is 0 Å². The van der Waals surface area contributed by atoms with Crippen molar-refractivity contribution in [2.24, 2.45) is 5.92 Å². The number of fused-ring (bicyclic) bond motifs is 2. The number of rotatable bonds is 5. The average Bonchev–Trinajstić information content (AvgIpc) is 3.25. The van der Waals surface area contributed by atoms with Crippen molar-refractivity contribution in [3.63, 3.8) is 0 Å². The number of carbonyl (C=O) groups excluding carboxylic acids is 1. The molecule has 0 saturated carbocycles. The molecule has 1 unspecified atom stereocenters. The van der Waals surface area contributed by atoms with Crippen molar-refractivity contribution in [2.45, 2.75) is 39.0 Å². The van der Waals surface area contributed by atoms with Gasteiger partial charge in [-0.05, 0) is 48.9 Å². The zero-order valence-electron chi connectivity index (χ0n) is 14.4. The van der Waals surface area contributed by atoms with Crippen molar-refractivity contribution in [3.05, 3.63) is 51.6 Å². The average molecular weight is 354 g/mol. The van der Waals surface area contributed by atoms with Gasteiger partial charge in [-0.15, -0.1) is 21.5 Å². The summed E-state index contributed by atoms with van der Waals surface area (Å²) in [5.74, 6) is 1.67. The summed E-state index contributed by atoms with van der Waals surface area (Å²) in [6.45, 7) is 2.82. The molecule has 1 atom stereocenters. The quantitative estimate of drug-likeness (QED) is 0.765. The summed E-state index contributed by atoms with van der Waals surface area (Å²) in [7, 11) is 0. The molecule has 0 radical (unpaired) electrons. The van der Waals surface area contributed by atoms with Gasteiger partial charge in [0.1, 0.15) is 5.82 Å². The van der Waals surface area contributed by atoms with Crippen molar-refractivity contribution in [1.82, 2.24) is 19.9 Å². The lowest BCUT2D eigenvalue weighted by molar-refractivity contribution is 0.0958. The van der Waals surface area contributed by atoms with E-state index >= 15 is 0 Å². The number of nitrogens with one attached hydrogen (secondary N) is 1. The lowest BCUT2D eigenvalue weighted by Crippen LogP contribution is -2.25. The van der Waals surface area contributed by atoms with Gasteiger partial charge in [-0.1, -0.05) is 19.4 Å². The van der Waals surface area contributed by atoms with Gasteiger partial charge < -0.3 is 5.32 Å². The van der Waals surface area contributed by atoms with Crippen LogP contribution in [-0.4, -0.2) is 27.0 Å². The molecule has 0 bridgehead atoms. The van der Waals surface area contributed by atoms with Crippen LogP contribution >= 0.6 is 11.3 Å². The molecule has 0 fully saturated rings. The maximum atomic E-state index is 12.5. The van der Waals surface area contributed by atoms with E-state index in [-0.39, 0.29) is 5.91 Å². The predicted octanol–water partition coefficient (Wildman–Crippen LogP) is 3.28. The molecule has 3 aromatic rings. The normalized spacial score (nSPS) is 16.8. The third kappa shape index (κ3) is 3.31. The Labute approximate surface area is 151 Å². The van der Waals surface area contributed by atoms with E-state index in [0.29, 0.717) is 13.0 Å². The third-order valence-electron chi connectivity index (χ3n) is 5.00. The first-order valence-electron chi connectivity index (χ1n) is 8.93. The highest BCUT2D eigenvalue weighted by Crippen LogP contribution is 2.33. The van der Waals surface area contributed by atoms with Gasteiger partial charge >= 0.3 is 0 Å². The van der Waals surface area contributed by atoms with Gasteiger partial charge in [0, 0.05) is 24.0 Å². The first kappa shape index (κ1) is 16.3. The van der Waals surface area contributed by atoms with Crippen LogP contribution in [0.15, 0.2) is 30.5 Å². The highest BCUT2D eigenvalue weighted by atomic mass is 32.1. The summed E-state index contributed by atoms with van der Waals surface area (Å²) in [6.07, 6.45) is 7.34. The van der Waals surface area contributed by atoms with E-state index in [1.165, 1.54) is 23.3 Å².